The van der Waals surface area contributed by atoms with E-state index >= 15 is 0 Å². The highest BCUT2D eigenvalue weighted by atomic mass is 32.2. The van der Waals surface area contributed by atoms with Gasteiger partial charge in [-0.25, -0.2) is 9.07 Å². The molecule has 138 valence electrons. The number of aromatic nitrogens is 2. The number of hydrogen-bond acceptors (Lipinski definition) is 4. The van der Waals surface area contributed by atoms with Gasteiger partial charge >= 0.3 is 0 Å². The molecule has 1 amide bonds. The van der Waals surface area contributed by atoms with Crippen LogP contribution in [0.15, 0.2) is 54.7 Å². The fourth-order valence-electron chi connectivity index (χ4n) is 3.01. The first-order valence-electron chi connectivity index (χ1n) is 8.57. The molecular formula is C20H18FN3OS2. The normalized spacial score (nSPS) is 14.4. The molecule has 1 aliphatic rings. The van der Waals surface area contributed by atoms with Gasteiger partial charge in [-0.3, -0.25) is 4.79 Å². The maximum absolute atomic E-state index is 14.0. The summed E-state index contributed by atoms with van der Waals surface area (Å²) in [5.74, 6) is 1.68. The van der Waals surface area contributed by atoms with Gasteiger partial charge in [0.2, 0.25) is 0 Å². The predicted octanol–water partition coefficient (Wildman–Crippen LogP) is 5.05. The van der Waals surface area contributed by atoms with Crippen LogP contribution in [0.2, 0.25) is 0 Å². The first-order chi connectivity index (χ1) is 13.1. The summed E-state index contributed by atoms with van der Waals surface area (Å²) < 4.78 is 15.9. The summed E-state index contributed by atoms with van der Waals surface area (Å²) in [5.41, 5.74) is 3.30. The number of benzene rings is 2. The van der Waals surface area contributed by atoms with E-state index in [0.717, 1.165) is 17.2 Å². The lowest BCUT2D eigenvalue weighted by Gasteiger charge is -2.11. The predicted molar refractivity (Wildman–Crippen MR) is 110 cm³/mol. The summed E-state index contributed by atoms with van der Waals surface area (Å²) in [4.78, 5) is 12.7. The molecule has 0 bridgehead atoms. The zero-order valence-electron chi connectivity index (χ0n) is 14.7. The molecule has 4 rings (SSSR count). The van der Waals surface area contributed by atoms with E-state index in [-0.39, 0.29) is 11.7 Å². The van der Waals surface area contributed by atoms with Crippen molar-refractivity contribution < 1.29 is 9.18 Å². The first-order valence-corrected chi connectivity index (χ1v) is 10.7. The summed E-state index contributed by atoms with van der Waals surface area (Å²) in [5, 5.41) is 7.14. The number of amides is 1. The number of anilines is 1. The standard InChI is InChI=1S/C20H18FN3OS2/c1-13-16(12-22-24(13)18-8-3-2-7-17(18)21)19(25)23-15-6-4-5-14(11-15)20-26-9-10-27-20/h2-8,11-12,20H,9-10H2,1H3,(H,23,25). The second-order valence-electron chi connectivity index (χ2n) is 6.16. The van der Waals surface area contributed by atoms with Crippen molar-refractivity contribution in [2.75, 3.05) is 16.8 Å². The number of para-hydroxylation sites is 1. The van der Waals surface area contributed by atoms with E-state index in [9.17, 15) is 9.18 Å². The maximum atomic E-state index is 14.0. The summed E-state index contributed by atoms with van der Waals surface area (Å²) in [6.45, 7) is 1.76. The number of carbonyl (C=O) groups excluding carboxylic acids is 1. The minimum absolute atomic E-state index is 0.251. The second kappa shape index (κ2) is 7.78. The Labute approximate surface area is 165 Å². The Kier molecular flexibility index (Phi) is 5.22. The number of rotatable bonds is 4. The molecule has 0 radical (unpaired) electrons. The number of hydrogen-bond donors (Lipinski definition) is 1. The van der Waals surface area contributed by atoms with Crippen LogP contribution in [0.4, 0.5) is 10.1 Å². The molecule has 27 heavy (non-hydrogen) atoms. The van der Waals surface area contributed by atoms with Crippen LogP contribution in [0.5, 0.6) is 0 Å². The van der Waals surface area contributed by atoms with Crippen molar-refractivity contribution in [3.63, 3.8) is 0 Å². The highest BCUT2D eigenvalue weighted by Gasteiger charge is 2.20. The molecule has 2 aromatic carbocycles. The Morgan fingerprint density at radius 2 is 1.96 bits per heavy atom. The van der Waals surface area contributed by atoms with Gasteiger partial charge in [0, 0.05) is 17.2 Å². The van der Waals surface area contributed by atoms with Crippen molar-refractivity contribution in [1.29, 1.82) is 0 Å². The number of nitrogens with zero attached hydrogens (tertiary/aromatic N) is 2. The smallest absolute Gasteiger partial charge is 0.259 e. The average Bonchev–Trinajstić information content (AvgIpc) is 3.32. The molecule has 7 heteroatoms. The van der Waals surface area contributed by atoms with Crippen molar-refractivity contribution in [2.24, 2.45) is 0 Å². The second-order valence-corrected chi connectivity index (χ2v) is 8.88. The maximum Gasteiger partial charge on any atom is 0.259 e. The van der Waals surface area contributed by atoms with E-state index in [0.29, 0.717) is 21.5 Å². The Balaban J connectivity index is 1.56. The third-order valence-electron chi connectivity index (χ3n) is 4.37. The molecule has 1 saturated heterocycles. The summed E-state index contributed by atoms with van der Waals surface area (Å²) in [6, 6.07) is 14.3. The van der Waals surface area contributed by atoms with E-state index in [4.69, 9.17) is 0 Å². The lowest BCUT2D eigenvalue weighted by Crippen LogP contribution is -2.13. The van der Waals surface area contributed by atoms with Crippen molar-refractivity contribution in [1.82, 2.24) is 9.78 Å². The molecular weight excluding hydrogens is 381 g/mol. The third kappa shape index (κ3) is 3.75. The third-order valence-corrected chi connectivity index (χ3v) is 7.48. The van der Waals surface area contributed by atoms with Crippen LogP contribution in [-0.2, 0) is 0 Å². The van der Waals surface area contributed by atoms with Gasteiger partial charge in [-0.1, -0.05) is 24.3 Å². The van der Waals surface area contributed by atoms with E-state index in [1.165, 1.54) is 22.5 Å². The van der Waals surface area contributed by atoms with Gasteiger partial charge in [-0.05, 0) is 36.8 Å². The van der Waals surface area contributed by atoms with Crippen molar-refractivity contribution >= 4 is 35.1 Å². The highest BCUT2D eigenvalue weighted by molar-refractivity contribution is 8.19. The number of halogens is 1. The van der Waals surface area contributed by atoms with Gasteiger partial charge in [0.1, 0.15) is 11.5 Å². The molecule has 1 fully saturated rings. The molecule has 2 heterocycles. The highest BCUT2D eigenvalue weighted by Crippen LogP contribution is 2.45. The van der Waals surface area contributed by atoms with Crippen LogP contribution < -0.4 is 5.32 Å². The average molecular weight is 400 g/mol. The first kappa shape index (κ1) is 18.1. The van der Waals surface area contributed by atoms with Gasteiger partial charge in [-0.2, -0.15) is 5.10 Å². The minimum atomic E-state index is -0.380. The van der Waals surface area contributed by atoms with E-state index in [1.807, 2.05) is 41.7 Å². The van der Waals surface area contributed by atoms with Gasteiger partial charge in [-0.15, -0.1) is 23.5 Å². The largest absolute Gasteiger partial charge is 0.322 e. The molecule has 4 nitrogen and oxygen atoms in total. The van der Waals surface area contributed by atoms with Gasteiger partial charge in [0.25, 0.3) is 5.91 Å². The summed E-state index contributed by atoms with van der Waals surface area (Å²) in [6.07, 6.45) is 1.48. The molecule has 0 spiro atoms. The van der Waals surface area contributed by atoms with Crippen LogP contribution in [-0.4, -0.2) is 27.2 Å². The van der Waals surface area contributed by atoms with Crippen LogP contribution in [0.3, 0.4) is 0 Å². The van der Waals surface area contributed by atoms with Gasteiger partial charge in [0.15, 0.2) is 0 Å². The molecule has 1 aromatic heterocycles. The van der Waals surface area contributed by atoms with Gasteiger partial charge < -0.3 is 5.32 Å². The number of thioether (sulfide) groups is 2. The molecule has 1 aliphatic heterocycles. The van der Waals surface area contributed by atoms with Crippen LogP contribution in [0.1, 0.15) is 26.2 Å². The number of carbonyl (C=O) groups is 1. The Morgan fingerprint density at radius 3 is 2.74 bits per heavy atom. The Bertz CT molecular complexity index is 983. The zero-order chi connectivity index (χ0) is 18.8. The van der Waals surface area contributed by atoms with Crippen LogP contribution >= 0.6 is 23.5 Å². The Morgan fingerprint density at radius 1 is 1.19 bits per heavy atom. The fraction of sp³-hybridized carbons (Fsp3) is 0.200. The fourth-order valence-corrected chi connectivity index (χ4v) is 5.85. The minimum Gasteiger partial charge on any atom is -0.322 e. The van der Waals surface area contributed by atoms with Crippen molar-refractivity contribution in [3.05, 3.63) is 77.4 Å². The lowest BCUT2D eigenvalue weighted by molar-refractivity contribution is 0.102. The molecule has 3 aromatic rings. The molecule has 0 aliphatic carbocycles. The van der Waals surface area contributed by atoms with E-state index in [2.05, 4.69) is 16.5 Å². The van der Waals surface area contributed by atoms with Gasteiger partial charge in [0.05, 0.1) is 22.0 Å². The lowest BCUT2D eigenvalue weighted by atomic mass is 10.2. The molecule has 1 N–H and O–H groups in total. The molecule has 0 unspecified atom stereocenters. The van der Waals surface area contributed by atoms with Crippen molar-refractivity contribution in [2.45, 2.75) is 11.5 Å². The topological polar surface area (TPSA) is 46.9 Å². The Hall–Kier alpha value is -2.25. The molecule has 0 saturated carbocycles. The SMILES string of the molecule is Cc1c(C(=O)Nc2cccc(C3SCCS3)c2)cnn1-c1ccccc1F. The molecule has 0 atom stereocenters. The van der Waals surface area contributed by atoms with E-state index < -0.39 is 0 Å². The number of nitrogens with one attached hydrogen (secondary N) is 1. The monoisotopic (exact) mass is 399 g/mol. The zero-order valence-corrected chi connectivity index (χ0v) is 16.3. The van der Waals surface area contributed by atoms with Crippen molar-refractivity contribution in [3.8, 4) is 5.69 Å². The quantitative estimate of drug-likeness (QED) is 0.667. The summed E-state index contributed by atoms with van der Waals surface area (Å²) in [7, 11) is 0. The van der Waals surface area contributed by atoms with Crippen LogP contribution in [0, 0.1) is 12.7 Å². The van der Waals surface area contributed by atoms with E-state index in [1.54, 1.807) is 25.1 Å². The van der Waals surface area contributed by atoms with Crippen LogP contribution in [0.25, 0.3) is 5.69 Å². The summed E-state index contributed by atoms with van der Waals surface area (Å²) >= 11 is 3.85.